The summed E-state index contributed by atoms with van der Waals surface area (Å²) < 4.78 is 30.4. The molecule has 0 bridgehead atoms. The lowest BCUT2D eigenvalue weighted by Gasteiger charge is -2.09. The standard InChI is InChI=1S/C18H25BrN2O2S/c1-11(2)9-21-10-16(14-6-5-13(19)7-18(14)21)15-8-17(15)20-24(22,23)12(3)4/h5-7,10-12,15,17,20H,8-9H2,1-4H3/t15-,17-/m1/s1. The molecule has 0 radical (unpaired) electrons. The number of nitrogens with zero attached hydrogens (tertiary/aromatic N) is 1. The van der Waals surface area contributed by atoms with Crippen molar-refractivity contribution in [3.8, 4) is 0 Å². The molecule has 0 spiro atoms. The number of aromatic nitrogens is 1. The number of rotatable bonds is 6. The molecule has 4 nitrogen and oxygen atoms in total. The van der Waals surface area contributed by atoms with Gasteiger partial charge in [0.15, 0.2) is 0 Å². The Kier molecular flexibility index (Phi) is 4.84. The van der Waals surface area contributed by atoms with E-state index in [1.807, 2.05) is 0 Å². The maximum atomic E-state index is 12.1. The highest BCUT2D eigenvalue weighted by atomic mass is 79.9. The first kappa shape index (κ1) is 18.0. The van der Waals surface area contributed by atoms with Crippen molar-refractivity contribution in [2.24, 2.45) is 5.92 Å². The summed E-state index contributed by atoms with van der Waals surface area (Å²) in [7, 11) is -3.21. The minimum Gasteiger partial charge on any atom is -0.347 e. The Morgan fingerprint density at radius 2 is 2.00 bits per heavy atom. The zero-order chi connectivity index (χ0) is 17.6. The molecule has 1 aromatic carbocycles. The van der Waals surface area contributed by atoms with E-state index < -0.39 is 15.3 Å². The van der Waals surface area contributed by atoms with Gasteiger partial charge in [-0.2, -0.15) is 0 Å². The third-order valence-corrected chi connectivity index (χ3v) is 6.93. The van der Waals surface area contributed by atoms with Gasteiger partial charge in [-0.3, -0.25) is 0 Å². The molecule has 0 saturated heterocycles. The van der Waals surface area contributed by atoms with Gasteiger partial charge in [0.05, 0.1) is 5.25 Å². The van der Waals surface area contributed by atoms with Crippen molar-refractivity contribution in [3.63, 3.8) is 0 Å². The van der Waals surface area contributed by atoms with Gasteiger partial charge in [-0.25, -0.2) is 13.1 Å². The molecule has 2 aromatic rings. The fraction of sp³-hybridized carbons (Fsp3) is 0.556. The molecule has 2 atom stereocenters. The van der Waals surface area contributed by atoms with Gasteiger partial charge in [0.2, 0.25) is 10.0 Å². The van der Waals surface area contributed by atoms with E-state index in [4.69, 9.17) is 0 Å². The Morgan fingerprint density at radius 1 is 1.29 bits per heavy atom. The number of hydrogen-bond acceptors (Lipinski definition) is 2. The van der Waals surface area contributed by atoms with Crippen LogP contribution in [0, 0.1) is 5.92 Å². The van der Waals surface area contributed by atoms with Gasteiger partial charge in [0.1, 0.15) is 0 Å². The predicted octanol–water partition coefficient (Wildman–Crippen LogP) is 4.24. The van der Waals surface area contributed by atoms with Gasteiger partial charge in [-0.05, 0) is 43.9 Å². The number of nitrogens with one attached hydrogen (secondary N) is 1. The van der Waals surface area contributed by atoms with Crippen molar-refractivity contribution < 1.29 is 8.42 Å². The normalized spacial score (nSPS) is 21.1. The molecule has 6 heteroatoms. The third kappa shape index (κ3) is 3.55. The lowest BCUT2D eigenvalue weighted by molar-refractivity contribution is 0.534. The monoisotopic (exact) mass is 412 g/mol. The number of fused-ring (bicyclic) bond motifs is 1. The van der Waals surface area contributed by atoms with Crippen LogP contribution in [0.5, 0.6) is 0 Å². The molecule has 1 aliphatic carbocycles. The highest BCUT2D eigenvalue weighted by molar-refractivity contribution is 9.10. The zero-order valence-electron chi connectivity index (χ0n) is 14.6. The summed E-state index contributed by atoms with van der Waals surface area (Å²) in [6, 6.07) is 6.37. The summed E-state index contributed by atoms with van der Waals surface area (Å²) in [5.41, 5.74) is 2.47. The molecule has 1 heterocycles. The van der Waals surface area contributed by atoms with E-state index in [1.165, 1.54) is 16.5 Å². The molecule has 1 aromatic heterocycles. The second-order valence-corrected chi connectivity index (χ2v) is 10.6. The highest BCUT2D eigenvalue weighted by Gasteiger charge is 2.43. The van der Waals surface area contributed by atoms with Gasteiger partial charge >= 0.3 is 0 Å². The molecule has 0 aliphatic heterocycles. The predicted molar refractivity (Wildman–Crippen MR) is 103 cm³/mol. The smallest absolute Gasteiger partial charge is 0.214 e. The largest absolute Gasteiger partial charge is 0.347 e. The van der Waals surface area contributed by atoms with E-state index in [0.29, 0.717) is 5.92 Å². The summed E-state index contributed by atoms with van der Waals surface area (Å²) in [6.07, 6.45) is 3.09. The molecule has 0 unspecified atom stereocenters. The van der Waals surface area contributed by atoms with Crippen LogP contribution in [0.2, 0.25) is 0 Å². The summed E-state index contributed by atoms with van der Waals surface area (Å²) in [5.74, 6) is 0.831. The average Bonchev–Trinajstić information content (AvgIpc) is 3.12. The van der Waals surface area contributed by atoms with Crippen LogP contribution >= 0.6 is 15.9 Å². The van der Waals surface area contributed by atoms with Gasteiger partial charge in [0, 0.05) is 40.1 Å². The Bertz CT molecular complexity index is 855. The van der Waals surface area contributed by atoms with Crippen molar-refractivity contribution in [1.29, 1.82) is 0 Å². The number of hydrogen-bond donors (Lipinski definition) is 1. The Balaban J connectivity index is 1.91. The van der Waals surface area contributed by atoms with Crippen LogP contribution in [-0.2, 0) is 16.6 Å². The van der Waals surface area contributed by atoms with Crippen molar-refractivity contribution in [2.75, 3.05) is 0 Å². The van der Waals surface area contributed by atoms with Gasteiger partial charge < -0.3 is 4.57 Å². The Morgan fingerprint density at radius 3 is 2.62 bits per heavy atom. The van der Waals surface area contributed by atoms with E-state index in [2.05, 4.69) is 63.5 Å². The first-order valence-electron chi connectivity index (χ1n) is 8.48. The third-order valence-electron chi connectivity index (χ3n) is 4.56. The average molecular weight is 413 g/mol. The molecule has 1 N–H and O–H groups in total. The van der Waals surface area contributed by atoms with E-state index in [1.54, 1.807) is 13.8 Å². The van der Waals surface area contributed by atoms with Crippen LogP contribution in [0.3, 0.4) is 0 Å². The van der Waals surface area contributed by atoms with E-state index in [0.717, 1.165) is 17.4 Å². The second kappa shape index (κ2) is 6.46. The van der Waals surface area contributed by atoms with Crippen molar-refractivity contribution in [2.45, 2.75) is 57.9 Å². The molecule has 0 amide bonds. The number of sulfonamides is 1. The SMILES string of the molecule is CC(C)Cn1cc([C@H]2C[C@H]2NS(=O)(=O)C(C)C)c2ccc(Br)cc21. The summed E-state index contributed by atoms with van der Waals surface area (Å²) >= 11 is 3.56. The molecule has 24 heavy (non-hydrogen) atoms. The number of benzene rings is 1. The quantitative estimate of drug-likeness (QED) is 0.770. The maximum absolute atomic E-state index is 12.1. The molecular formula is C18H25BrN2O2S. The number of halogens is 1. The first-order chi connectivity index (χ1) is 11.2. The maximum Gasteiger partial charge on any atom is 0.214 e. The van der Waals surface area contributed by atoms with Crippen LogP contribution in [-0.4, -0.2) is 24.3 Å². The lowest BCUT2D eigenvalue weighted by Crippen LogP contribution is -2.33. The molecule has 1 saturated carbocycles. The fourth-order valence-electron chi connectivity index (χ4n) is 3.15. The van der Waals surface area contributed by atoms with Crippen LogP contribution in [0.25, 0.3) is 10.9 Å². The highest BCUT2D eigenvalue weighted by Crippen LogP contribution is 2.45. The van der Waals surface area contributed by atoms with Gasteiger partial charge in [-0.15, -0.1) is 0 Å². The summed E-state index contributed by atoms with van der Waals surface area (Å²) in [6.45, 7) is 8.81. The first-order valence-corrected chi connectivity index (χ1v) is 10.8. The minimum atomic E-state index is -3.21. The van der Waals surface area contributed by atoms with Crippen LogP contribution < -0.4 is 4.72 Å². The summed E-state index contributed by atoms with van der Waals surface area (Å²) in [5, 5.41) is 0.840. The molecule has 3 rings (SSSR count). The van der Waals surface area contributed by atoms with Gasteiger partial charge in [-0.1, -0.05) is 35.8 Å². The van der Waals surface area contributed by atoms with Gasteiger partial charge in [0.25, 0.3) is 0 Å². The second-order valence-electron chi connectivity index (χ2n) is 7.45. The Labute approximate surface area is 152 Å². The summed E-state index contributed by atoms with van der Waals surface area (Å²) in [4.78, 5) is 0. The topological polar surface area (TPSA) is 51.1 Å². The minimum absolute atomic E-state index is 0.0270. The molecule has 132 valence electrons. The lowest BCUT2D eigenvalue weighted by atomic mass is 10.1. The Hall–Kier alpha value is -0.850. The van der Waals surface area contributed by atoms with Crippen molar-refractivity contribution in [1.82, 2.24) is 9.29 Å². The van der Waals surface area contributed by atoms with Crippen LogP contribution in [0.4, 0.5) is 0 Å². The fourth-order valence-corrected chi connectivity index (χ4v) is 4.45. The molecule has 1 fully saturated rings. The van der Waals surface area contributed by atoms with Crippen molar-refractivity contribution in [3.05, 3.63) is 34.4 Å². The van der Waals surface area contributed by atoms with Crippen LogP contribution in [0.15, 0.2) is 28.9 Å². The van der Waals surface area contributed by atoms with E-state index in [9.17, 15) is 8.42 Å². The zero-order valence-corrected chi connectivity index (χ0v) is 17.0. The molecular weight excluding hydrogens is 388 g/mol. The van der Waals surface area contributed by atoms with Crippen molar-refractivity contribution >= 4 is 36.9 Å². The molecule has 1 aliphatic rings. The van der Waals surface area contributed by atoms with Crippen LogP contribution in [0.1, 0.15) is 45.6 Å². The van der Waals surface area contributed by atoms with E-state index in [-0.39, 0.29) is 12.0 Å². The van der Waals surface area contributed by atoms with E-state index >= 15 is 0 Å².